The lowest BCUT2D eigenvalue weighted by Gasteiger charge is -2.25. The highest BCUT2D eigenvalue weighted by Crippen LogP contribution is 2.30. The van der Waals surface area contributed by atoms with Crippen molar-refractivity contribution in [1.82, 2.24) is 10.6 Å². The van der Waals surface area contributed by atoms with Gasteiger partial charge in [0.1, 0.15) is 18.8 Å². The minimum atomic E-state index is -1.17. The Kier molecular flexibility index (Phi) is 4.11. The van der Waals surface area contributed by atoms with Crippen LogP contribution < -0.4 is 20.1 Å². The lowest BCUT2D eigenvalue weighted by molar-refractivity contribution is -0.0236. The van der Waals surface area contributed by atoms with Crippen LogP contribution in [0.5, 0.6) is 11.5 Å². The van der Waals surface area contributed by atoms with Crippen molar-refractivity contribution in [3.63, 3.8) is 0 Å². The Balaban J connectivity index is 1.94. The van der Waals surface area contributed by atoms with Crippen molar-refractivity contribution >= 4 is 5.96 Å². The summed E-state index contributed by atoms with van der Waals surface area (Å²) in [5.41, 5.74) is -1.17. The zero-order valence-corrected chi connectivity index (χ0v) is 10.9. The molecule has 1 aromatic carbocycles. The van der Waals surface area contributed by atoms with Gasteiger partial charge in [-0.15, -0.1) is 0 Å². The molecule has 0 aliphatic carbocycles. The van der Waals surface area contributed by atoms with Crippen LogP contribution in [0.25, 0.3) is 0 Å². The number of rotatable bonds is 3. The number of fused-ring (bicyclic) bond motifs is 1. The summed E-state index contributed by atoms with van der Waals surface area (Å²) in [4.78, 5) is 0. The van der Waals surface area contributed by atoms with Gasteiger partial charge in [-0.05, 0) is 19.1 Å². The van der Waals surface area contributed by atoms with Gasteiger partial charge < -0.3 is 25.2 Å². The minimum absolute atomic E-state index is 0.121. The highest BCUT2D eigenvalue weighted by Gasteiger charge is 2.32. The molecule has 0 bridgehead atoms. The van der Waals surface area contributed by atoms with Gasteiger partial charge in [0.25, 0.3) is 0 Å². The molecule has 6 nitrogen and oxygen atoms in total. The standard InChI is InChI=1S/C13H19N3O3/c1-2-15-12(14)16-7-13(17)8-18-10-5-3-4-6-11(10)19-9-13/h3-6,17H,2,7-9H2,1H3,(H3,14,15,16). The molecule has 6 heteroatoms. The van der Waals surface area contributed by atoms with Crippen LogP contribution in [0.3, 0.4) is 0 Å². The molecule has 19 heavy (non-hydrogen) atoms. The maximum Gasteiger partial charge on any atom is 0.188 e. The molecule has 0 radical (unpaired) electrons. The smallest absolute Gasteiger partial charge is 0.188 e. The molecule has 0 saturated carbocycles. The molecular formula is C13H19N3O3. The van der Waals surface area contributed by atoms with E-state index >= 15 is 0 Å². The van der Waals surface area contributed by atoms with Crippen LogP contribution >= 0.6 is 0 Å². The van der Waals surface area contributed by atoms with Crippen LogP contribution in [0.15, 0.2) is 24.3 Å². The van der Waals surface area contributed by atoms with Crippen LogP contribution in [0.2, 0.25) is 0 Å². The number of benzene rings is 1. The van der Waals surface area contributed by atoms with Crippen molar-refractivity contribution in [3.05, 3.63) is 24.3 Å². The van der Waals surface area contributed by atoms with Gasteiger partial charge in [-0.1, -0.05) is 12.1 Å². The molecule has 0 unspecified atom stereocenters. The van der Waals surface area contributed by atoms with Gasteiger partial charge in [0.15, 0.2) is 17.5 Å². The molecular weight excluding hydrogens is 246 g/mol. The lowest BCUT2D eigenvalue weighted by atomic mass is 10.1. The van der Waals surface area contributed by atoms with E-state index in [0.717, 1.165) is 0 Å². The fourth-order valence-corrected chi connectivity index (χ4v) is 1.75. The number of nitrogens with one attached hydrogen (secondary N) is 3. The van der Waals surface area contributed by atoms with Crippen molar-refractivity contribution in [2.45, 2.75) is 12.5 Å². The fourth-order valence-electron chi connectivity index (χ4n) is 1.75. The van der Waals surface area contributed by atoms with Crippen LogP contribution in [-0.2, 0) is 0 Å². The number of hydrogen-bond acceptors (Lipinski definition) is 4. The monoisotopic (exact) mass is 265 g/mol. The van der Waals surface area contributed by atoms with Gasteiger partial charge >= 0.3 is 0 Å². The van der Waals surface area contributed by atoms with Crippen molar-refractivity contribution in [2.75, 3.05) is 26.3 Å². The zero-order valence-electron chi connectivity index (χ0n) is 10.9. The second-order valence-electron chi connectivity index (χ2n) is 4.51. The quantitative estimate of drug-likeness (QED) is 0.467. The molecule has 0 saturated heterocycles. The molecule has 2 rings (SSSR count). The van der Waals surface area contributed by atoms with Gasteiger partial charge in [-0.25, -0.2) is 0 Å². The molecule has 0 aromatic heterocycles. The van der Waals surface area contributed by atoms with Crippen LogP contribution in [-0.4, -0.2) is 43.0 Å². The van der Waals surface area contributed by atoms with Crippen LogP contribution in [0.4, 0.5) is 0 Å². The summed E-state index contributed by atoms with van der Waals surface area (Å²) in [7, 11) is 0. The predicted octanol–water partition coefficient (Wildman–Crippen LogP) is 0.323. The summed E-state index contributed by atoms with van der Waals surface area (Å²) in [6.45, 7) is 2.99. The molecule has 0 amide bonds. The van der Waals surface area contributed by atoms with Crippen molar-refractivity contribution in [2.24, 2.45) is 0 Å². The van der Waals surface area contributed by atoms with E-state index in [1.165, 1.54) is 0 Å². The average molecular weight is 265 g/mol. The third-order valence-corrected chi connectivity index (χ3v) is 2.79. The average Bonchev–Trinajstić information content (AvgIpc) is 2.58. The Hall–Kier alpha value is -1.95. The summed E-state index contributed by atoms with van der Waals surface area (Å²) in [6.07, 6.45) is 0. The van der Waals surface area contributed by atoms with E-state index in [4.69, 9.17) is 14.9 Å². The second-order valence-corrected chi connectivity index (χ2v) is 4.51. The van der Waals surface area contributed by atoms with Gasteiger partial charge in [-0.2, -0.15) is 0 Å². The molecule has 1 aliphatic heterocycles. The number of ether oxygens (including phenoxy) is 2. The molecule has 4 N–H and O–H groups in total. The SMILES string of the molecule is CCNC(=N)NCC1(O)COc2ccccc2OC1. The Morgan fingerprint density at radius 3 is 2.37 bits per heavy atom. The van der Waals surface area contributed by atoms with Gasteiger partial charge in [0.05, 0.1) is 6.54 Å². The number of aliphatic hydroxyl groups is 1. The van der Waals surface area contributed by atoms with Gasteiger partial charge in [-0.3, -0.25) is 5.41 Å². The number of guanidine groups is 1. The van der Waals surface area contributed by atoms with Gasteiger partial charge in [0, 0.05) is 6.54 Å². The van der Waals surface area contributed by atoms with E-state index in [1.807, 2.05) is 19.1 Å². The molecule has 104 valence electrons. The summed E-state index contributed by atoms with van der Waals surface area (Å²) in [5.74, 6) is 1.43. The Bertz CT molecular complexity index is 424. The van der Waals surface area contributed by atoms with E-state index in [-0.39, 0.29) is 25.7 Å². The first kappa shape index (κ1) is 13.5. The highest BCUT2D eigenvalue weighted by atomic mass is 16.6. The van der Waals surface area contributed by atoms with E-state index in [2.05, 4.69) is 10.6 Å². The zero-order chi connectivity index (χ0) is 13.7. The Morgan fingerprint density at radius 2 is 1.84 bits per heavy atom. The topological polar surface area (TPSA) is 86.6 Å². The van der Waals surface area contributed by atoms with Crippen LogP contribution in [0, 0.1) is 5.41 Å². The Morgan fingerprint density at radius 1 is 1.26 bits per heavy atom. The van der Waals surface area contributed by atoms with E-state index in [1.54, 1.807) is 12.1 Å². The third kappa shape index (κ3) is 3.51. The van der Waals surface area contributed by atoms with Crippen LogP contribution in [0.1, 0.15) is 6.92 Å². The molecule has 1 aliphatic rings. The number of hydrogen-bond donors (Lipinski definition) is 4. The molecule has 0 fully saturated rings. The van der Waals surface area contributed by atoms with E-state index in [0.29, 0.717) is 18.0 Å². The first-order chi connectivity index (χ1) is 9.13. The molecule has 0 atom stereocenters. The first-order valence-electron chi connectivity index (χ1n) is 6.26. The highest BCUT2D eigenvalue weighted by molar-refractivity contribution is 5.76. The Labute approximate surface area is 112 Å². The summed E-state index contributed by atoms with van der Waals surface area (Å²) in [5, 5.41) is 23.6. The maximum atomic E-state index is 10.4. The number of para-hydroxylation sites is 2. The first-order valence-corrected chi connectivity index (χ1v) is 6.26. The van der Waals surface area contributed by atoms with E-state index in [9.17, 15) is 5.11 Å². The second kappa shape index (κ2) is 5.79. The third-order valence-electron chi connectivity index (χ3n) is 2.79. The molecule has 0 spiro atoms. The van der Waals surface area contributed by atoms with Crippen molar-refractivity contribution < 1.29 is 14.6 Å². The predicted molar refractivity (Wildman–Crippen MR) is 71.8 cm³/mol. The minimum Gasteiger partial charge on any atom is -0.486 e. The largest absolute Gasteiger partial charge is 0.486 e. The summed E-state index contributed by atoms with van der Waals surface area (Å²) < 4.78 is 11.1. The lowest BCUT2D eigenvalue weighted by Crippen LogP contribution is -2.52. The molecule has 1 heterocycles. The summed E-state index contributed by atoms with van der Waals surface area (Å²) in [6, 6.07) is 7.31. The normalized spacial score (nSPS) is 16.3. The van der Waals surface area contributed by atoms with Gasteiger partial charge in [0.2, 0.25) is 0 Å². The summed E-state index contributed by atoms with van der Waals surface area (Å²) >= 11 is 0. The molecule has 1 aromatic rings. The van der Waals surface area contributed by atoms with Crippen molar-refractivity contribution in [1.29, 1.82) is 5.41 Å². The van der Waals surface area contributed by atoms with E-state index < -0.39 is 5.60 Å². The van der Waals surface area contributed by atoms with Crippen molar-refractivity contribution in [3.8, 4) is 11.5 Å². The fraction of sp³-hybridized carbons (Fsp3) is 0.462. The maximum absolute atomic E-state index is 10.4.